The first kappa shape index (κ1) is 16.9. The molecule has 2 heteroatoms. The van der Waals surface area contributed by atoms with Crippen molar-refractivity contribution in [2.45, 2.75) is 46.5 Å². The first-order valence-electron chi connectivity index (χ1n) is 7.08. The lowest BCUT2D eigenvalue weighted by Crippen LogP contribution is -2.30. The molecule has 0 bridgehead atoms. The summed E-state index contributed by atoms with van der Waals surface area (Å²) in [5.41, 5.74) is 2.65. The molecule has 0 spiro atoms. The highest BCUT2D eigenvalue weighted by atomic mass is 32.1. The molecule has 0 N–H and O–H groups in total. The summed E-state index contributed by atoms with van der Waals surface area (Å²) in [5, 5.41) is 0. The molecule has 0 aliphatic heterocycles. The van der Waals surface area contributed by atoms with Gasteiger partial charge in [-0.05, 0) is 22.5 Å². The van der Waals surface area contributed by atoms with Gasteiger partial charge in [-0.15, -0.1) is 6.58 Å². The van der Waals surface area contributed by atoms with E-state index < -0.39 is 0 Å². The normalized spacial score (nSPS) is 12.1. The van der Waals surface area contributed by atoms with Crippen LogP contribution >= 0.6 is 12.2 Å². The second-order valence-corrected chi connectivity index (χ2v) is 7.56. The Hall–Kier alpha value is -1.15. The van der Waals surface area contributed by atoms with Crippen molar-refractivity contribution in [3.05, 3.63) is 42.5 Å². The fourth-order valence-corrected chi connectivity index (χ4v) is 2.59. The third kappa shape index (κ3) is 4.17. The fourth-order valence-electron chi connectivity index (χ4n) is 2.12. The molecule has 0 heterocycles. The van der Waals surface area contributed by atoms with Crippen LogP contribution in [0.5, 0.6) is 0 Å². The zero-order valence-corrected chi connectivity index (χ0v) is 14.5. The van der Waals surface area contributed by atoms with E-state index in [0.717, 1.165) is 11.4 Å². The van der Waals surface area contributed by atoms with Crippen LogP contribution in [0.25, 0.3) is 0 Å². The maximum atomic E-state index is 5.63. The smallest absolute Gasteiger partial charge is 0.0829 e. The Bertz CT molecular complexity index is 494. The van der Waals surface area contributed by atoms with Gasteiger partial charge < -0.3 is 4.90 Å². The maximum Gasteiger partial charge on any atom is 0.0829 e. The summed E-state index contributed by atoms with van der Waals surface area (Å²) in [7, 11) is 2.06. The van der Waals surface area contributed by atoms with E-state index in [1.54, 1.807) is 0 Å². The van der Waals surface area contributed by atoms with Crippen LogP contribution in [0.4, 0.5) is 5.69 Å². The molecule has 0 saturated heterocycles. The Morgan fingerprint density at radius 3 is 2.25 bits per heavy atom. The number of para-hydroxylation sites is 1. The van der Waals surface area contributed by atoms with Crippen molar-refractivity contribution in [2.75, 3.05) is 11.9 Å². The number of allylic oxidation sites excluding steroid dienone is 1. The summed E-state index contributed by atoms with van der Waals surface area (Å²) in [6, 6.07) is 8.50. The molecule has 0 saturated carbocycles. The van der Waals surface area contributed by atoms with Crippen molar-refractivity contribution in [1.29, 1.82) is 0 Å². The van der Waals surface area contributed by atoms with Crippen LogP contribution in [-0.2, 0) is 5.41 Å². The number of thiocarbonyl (C=S) groups is 1. The molecule has 0 amide bonds. The van der Waals surface area contributed by atoms with Gasteiger partial charge in [0.25, 0.3) is 0 Å². The minimum absolute atomic E-state index is 0.0298. The van der Waals surface area contributed by atoms with Crippen LogP contribution in [0.2, 0.25) is 0 Å². The third-order valence-electron chi connectivity index (χ3n) is 3.61. The SMILES string of the molecule is C=CC(C)(C)CC(=S)N(C)c1ccccc1C(C)(C)C. The Morgan fingerprint density at radius 1 is 1.20 bits per heavy atom. The Kier molecular flexibility index (Phi) is 5.15. The highest BCUT2D eigenvalue weighted by Crippen LogP contribution is 2.33. The summed E-state index contributed by atoms with van der Waals surface area (Å²) >= 11 is 5.63. The molecule has 20 heavy (non-hydrogen) atoms. The topological polar surface area (TPSA) is 3.24 Å². The third-order valence-corrected chi connectivity index (χ3v) is 4.03. The van der Waals surface area contributed by atoms with Gasteiger partial charge in [-0.2, -0.15) is 0 Å². The molecule has 1 rings (SSSR count). The lowest BCUT2D eigenvalue weighted by atomic mass is 9.85. The zero-order chi connectivity index (χ0) is 15.6. The van der Waals surface area contributed by atoms with Gasteiger partial charge in [0.1, 0.15) is 0 Å². The molecule has 0 atom stereocenters. The van der Waals surface area contributed by atoms with E-state index in [-0.39, 0.29) is 10.8 Å². The molecule has 110 valence electrons. The number of anilines is 1. The first-order valence-corrected chi connectivity index (χ1v) is 7.49. The van der Waals surface area contributed by atoms with Gasteiger partial charge in [0.05, 0.1) is 4.99 Å². The van der Waals surface area contributed by atoms with Crippen LogP contribution in [0.3, 0.4) is 0 Å². The molecular weight excluding hydrogens is 262 g/mol. The summed E-state index contributed by atoms with van der Waals surface area (Å²) in [5.74, 6) is 0. The van der Waals surface area contributed by atoms with E-state index in [1.165, 1.54) is 11.3 Å². The van der Waals surface area contributed by atoms with Crippen LogP contribution < -0.4 is 4.90 Å². The molecule has 0 unspecified atom stereocenters. The van der Waals surface area contributed by atoms with Crippen LogP contribution in [0.1, 0.15) is 46.6 Å². The van der Waals surface area contributed by atoms with Crippen molar-refractivity contribution >= 4 is 22.9 Å². The Balaban J connectivity index is 3.07. The second kappa shape index (κ2) is 6.09. The first-order chi connectivity index (χ1) is 9.08. The maximum absolute atomic E-state index is 5.63. The van der Waals surface area contributed by atoms with Crippen molar-refractivity contribution in [1.82, 2.24) is 0 Å². The van der Waals surface area contributed by atoms with E-state index in [2.05, 4.69) is 77.4 Å². The van der Waals surface area contributed by atoms with Crippen molar-refractivity contribution in [2.24, 2.45) is 5.41 Å². The summed E-state index contributed by atoms with van der Waals surface area (Å²) in [6.07, 6.45) is 2.81. The van der Waals surface area contributed by atoms with Gasteiger partial charge in [0.2, 0.25) is 0 Å². The summed E-state index contributed by atoms with van der Waals surface area (Å²) in [4.78, 5) is 3.09. The highest BCUT2D eigenvalue weighted by molar-refractivity contribution is 7.80. The van der Waals surface area contributed by atoms with Crippen LogP contribution in [-0.4, -0.2) is 12.0 Å². The zero-order valence-electron chi connectivity index (χ0n) is 13.7. The lowest BCUT2D eigenvalue weighted by molar-refractivity contribution is 0.505. The van der Waals surface area contributed by atoms with Gasteiger partial charge in [-0.1, -0.05) is 71.1 Å². The molecule has 1 aromatic carbocycles. The van der Waals surface area contributed by atoms with Crippen molar-refractivity contribution in [3.8, 4) is 0 Å². The predicted octanol–water partition coefficient (Wildman–Crippen LogP) is 5.35. The molecule has 0 aliphatic carbocycles. The number of benzene rings is 1. The van der Waals surface area contributed by atoms with E-state index in [4.69, 9.17) is 12.2 Å². The van der Waals surface area contributed by atoms with Gasteiger partial charge >= 0.3 is 0 Å². The van der Waals surface area contributed by atoms with Crippen LogP contribution in [0, 0.1) is 5.41 Å². The van der Waals surface area contributed by atoms with Crippen molar-refractivity contribution < 1.29 is 0 Å². The molecule has 1 aromatic rings. The number of nitrogens with zero attached hydrogens (tertiary/aromatic N) is 1. The van der Waals surface area contributed by atoms with E-state index in [0.29, 0.717) is 0 Å². The second-order valence-electron chi connectivity index (χ2n) is 7.09. The van der Waals surface area contributed by atoms with Gasteiger partial charge in [-0.3, -0.25) is 0 Å². The number of hydrogen-bond donors (Lipinski definition) is 0. The van der Waals surface area contributed by atoms with E-state index >= 15 is 0 Å². The Morgan fingerprint density at radius 2 is 1.75 bits per heavy atom. The Labute approximate surface area is 129 Å². The lowest BCUT2D eigenvalue weighted by Gasteiger charge is -2.31. The van der Waals surface area contributed by atoms with Gasteiger partial charge in [-0.25, -0.2) is 0 Å². The molecule has 0 radical (unpaired) electrons. The highest BCUT2D eigenvalue weighted by Gasteiger charge is 2.23. The monoisotopic (exact) mass is 289 g/mol. The average Bonchev–Trinajstić information content (AvgIpc) is 2.36. The van der Waals surface area contributed by atoms with Gasteiger partial charge in [0.15, 0.2) is 0 Å². The molecule has 0 aromatic heterocycles. The minimum Gasteiger partial charge on any atom is -0.339 e. The van der Waals surface area contributed by atoms with E-state index in [9.17, 15) is 0 Å². The number of rotatable bonds is 4. The molecular formula is C18H27NS. The summed E-state index contributed by atoms with van der Waals surface area (Å²) in [6.45, 7) is 14.9. The number of hydrogen-bond acceptors (Lipinski definition) is 1. The average molecular weight is 289 g/mol. The summed E-state index contributed by atoms with van der Waals surface area (Å²) < 4.78 is 0. The van der Waals surface area contributed by atoms with Gasteiger partial charge in [0, 0.05) is 19.2 Å². The van der Waals surface area contributed by atoms with E-state index in [1.807, 2.05) is 6.08 Å². The molecule has 1 nitrogen and oxygen atoms in total. The predicted molar refractivity (Wildman–Crippen MR) is 94.7 cm³/mol. The van der Waals surface area contributed by atoms with Crippen LogP contribution in [0.15, 0.2) is 36.9 Å². The fraction of sp³-hybridized carbons (Fsp3) is 0.500. The largest absolute Gasteiger partial charge is 0.339 e. The standard InChI is InChI=1S/C18H27NS/c1-8-18(5,6)13-16(20)19(7)15-12-10-9-11-14(15)17(2,3)4/h8-12H,1,13H2,2-7H3. The quantitative estimate of drug-likeness (QED) is 0.543. The molecule has 0 aliphatic rings. The van der Waals surface area contributed by atoms with Crippen molar-refractivity contribution in [3.63, 3.8) is 0 Å². The molecule has 0 fully saturated rings. The minimum atomic E-state index is 0.0298.